The zero-order chi connectivity index (χ0) is 12.7. The summed E-state index contributed by atoms with van der Waals surface area (Å²) in [6.07, 6.45) is 0. The van der Waals surface area contributed by atoms with Crippen molar-refractivity contribution in [2.75, 3.05) is 27.4 Å². The van der Waals surface area contributed by atoms with Gasteiger partial charge in [-0.25, -0.2) is 0 Å². The second-order valence-electron chi connectivity index (χ2n) is 1.80. The third-order valence-corrected chi connectivity index (χ3v) is 1.19. The second kappa shape index (κ2) is 22.2. The molecule has 0 spiro atoms. The molecule has 0 saturated carbocycles. The molecule has 15 heavy (non-hydrogen) atoms. The number of ether oxygens (including phenoxy) is 2. The van der Waals surface area contributed by atoms with Crippen LogP contribution in [0.3, 0.4) is 0 Å². The van der Waals surface area contributed by atoms with Gasteiger partial charge < -0.3 is 22.6 Å². The molecule has 0 aromatic carbocycles. The van der Waals surface area contributed by atoms with Crippen LogP contribution in [0.4, 0.5) is 0 Å². The van der Waals surface area contributed by atoms with E-state index >= 15 is 0 Å². The quantitative estimate of drug-likeness (QED) is 0.306. The molecule has 0 saturated heterocycles. The zero-order valence-corrected chi connectivity index (χ0v) is 19.1. The first kappa shape index (κ1) is 23.1. The third-order valence-electron chi connectivity index (χ3n) is 0.564. The van der Waals surface area contributed by atoms with Crippen LogP contribution in [-0.2, 0) is 20.7 Å². The fourth-order valence-corrected chi connectivity index (χ4v) is 0.899. The van der Waals surface area contributed by atoms with Gasteiger partial charge in [0.1, 0.15) is 0 Å². The van der Waals surface area contributed by atoms with Gasteiger partial charge in [0.15, 0.2) is 0 Å². The normalized spacial score (nSPS) is 8.13. The topological polar surface area (TPSA) is 18.5 Å². The van der Waals surface area contributed by atoms with Crippen LogP contribution in [0, 0.1) is 13.2 Å². The molecule has 0 radical (unpaired) electrons. The minimum atomic E-state index is 0.523. The molecule has 0 aliphatic carbocycles. The maximum atomic E-state index is 5.18. The van der Waals surface area contributed by atoms with Gasteiger partial charge in [-0.2, -0.15) is 7.16 Å². The monoisotopic (exact) mass is 843 g/mol. The Labute approximate surface area is 149 Å². The summed E-state index contributed by atoms with van der Waals surface area (Å²) in [4.78, 5) is 0. The van der Waals surface area contributed by atoms with Crippen LogP contribution in [0.2, 0.25) is 0 Å². The third kappa shape index (κ3) is 47.2. The second-order valence-corrected chi connectivity index (χ2v) is 21.2. The fraction of sp³-hybridized carbons (Fsp3) is 0.500. The summed E-state index contributed by atoms with van der Waals surface area (Å²) in [5.74, 6) is 0. The van der Waals surface area contributed by atoms with E-state index in [1.165, 1.54) is 0 Å². The number of hydrogen-bond donors (Lipinski definition) is 0. The summed E-state index contributed by atoms with van der Waals surface area (Å²) in [6, 6.07) is 0. The molecule has 0 aliphatic rings. The summed E-state index contributed by atoms with van der Waals surface area (Å²) >= 11 is 9.32. The maximum absolute atomic E-state index is 5.18. The molecule has 0 unspecified atom stereocenters. The van der Waals surface area contributed by atoms with Crippen LogP contribution in [0.1, 0.15) is 0 Å². The average Bonchev–Trinajstić information content (AvgIpc) is 2.05. The Balaban J connectivity index is -0.000000153. The SMILES string of the molecule is [CH-]=C(I)COC.[CH-]=C(I)COC.[I][Pt+2][I]. The summed E-state index contributed by atoms with van der Waals surface area (Å²) in [7, 11) is 3.23. The van der Waals surface area contributed by atoms with Crippen LogP contribution >= 0.6 is 83.9 Å². The molecule has 2 nitrogen and oxygen atoms in total. The summed E-state index contributed by atoms with van der Waals surface area (Å²) in [6.45, 7) is 11.5. The van der Waals surface area contributed by atoms with Crippen molar-refractivity contribution < 1.29 is 20.7 Å². The molecule has 0 N–H and O–H groups in total. The molecule has 0 atom stereocenters. The predicted molar refractivity (Wildman–Crippen MR) is 95.5 cm³/mol. The van der Waals surface area contributed by atoms with E-state index in [0.29, 0.717) is 24.4 Å². The van der Waals surface area contributed by atoms with Crippen molar-refractivity contribution in [1.29, 1.82) is 0 Å². The van der Waals surface area contributed by atoms with Gasteiger partial charge in [-0.1, -0.05) is 45.2 Å². The Bertz CT molecular complexity index is 140. The fourth-order valence-electron chi connectivity index (χ4n) is 0.276. The molecule has 0 aliphatic heterocycles. The Kier molecular flexibility index (Phi) is 34.2. The Morgan fingerprint density at radius 1 is 1.00 bits per heavy atom. The van der Waals surface area contributed by atoms with E-state index < -0.39 is 0 Å². The molecule has 0 aromatic rings. The molecular weight excluding hydrogens is 831 g/mol. The van der Waals surface area contributed by atoms with Crippen molar-refractivity contribution in [1.82, 2.24) is 0 Å². The molecule has 0 fully saturated rings. The van der Waals surface area contributed by atoms with Gasteiger partial charge in [-0.05, 0) is 0 Å². The van der Waals surface area contributed by atoms with Crippen molar-refractivity contribution in [3.8, 4) is 0 Å². The van der Waals surface area contributed by atoms with E-state index in [4.69, 9.17) is 13.2 Å². The Morgan fingerprint density at radius 2 is 1.20 bits per heavy atom. The number of methoxy groups -OCH3 is 2. The van der Waals surface area contributed by atoms with E-state index in [2.05, 4.69) is 48.2 Å². The number of rotatable bonds is 4. The van der Waals surface area contributed by atoms with Gasteiger partial charge >= 0.3 is 49.9 Å². The van der Waals surface area contributed by atoms with Crippen LogP contribution in [-0.4, -0.2) is 27.4 Å². The Hall–Kier alpha value is 3.01. The first-order valence-corrected chi connectivity index (χ1v) is 18.3. The van der Waals surface area contributed by atoms with Crippen LogP contribution in [0.5, 0.6) is 0 Å². The molecular formula is C8H12I4O2Pt. The molecule has 0 amide bonds. The van der Waals surface area contributed by atoms with Crippen molar-refractivity contribution in [2.24, 2.45) is 0 Å². The van der Waals surface area contributed by atoms with Crippen molar-refractivity contribution in [2.45, 2.75) is 0 Å². The average molecular weight is 843 g/mol. The molecule has 0 bridgehead atoms. The van der Waals surface area contributed by atoms with Crippen LogP contribution in [0.15, 0.2) is 7.16 Å². The summed E-state index contributed by atoms with van der Waals surface area (Å²) in [5, 5.41) is 0. The van der Waals surface area contributed by atoms with E-state index in [0.717, 1.165) is 7.16 Å². The van der Waals surface area contributed by atoms with Gasteiger partial charge in [0.2, 0.25) is 0 Å². The van der Waals surface area contributed by atoms with Gasteiger partial charge in [0.25, 0.3) is 0 Å². The van der Waals surface area contributed by atoms with Crippen molar-refractivity contribution in [3.05, 3.63) is 20.3 Å². The van der Waals surface area contributed by atoms with Gasteiger partial charge in [-0.15, -0.1) is 0 Å². The summed E-state index contributed by atoms with van der Waals surface area (Å²) < 4.78 is 10.8. The van der Waals surface area contributed by atoms with E-state index in [1.807, 2.05) is 45.2 Å². The molecule has 0 heterocycles. The Morgan fingerprint density at radius 3 is 1.20 bits per heavy atom. The van der Waals surface area contributed by atoms with Crippen molar-refractivity contribution in [3.63, 3.8) is 0 Å². The van der Waals surface area contributed by atoms with Gasteiger partial charge in [0.05, 0.1) is 0 Å². The zero-order valence-electron chi connectivity index (χ0n) is 8.21. The van der Waals surface area contributed by atoms with E-state index in [-0.39, 0.29) is 0 Å². The first-order chi connectivity index (χ1) is 6.95. The van der Waals surface area contributed by atoms with Crippen LogP contribution in [0.25, 0.3) is 0 Å². The van der Waals surface area contributed by atoms with Gasteiger partial charge in [-0.3, -0.25) is 0 Å². The predicted octanol–water partition coefficient (Wildman–Crippen LogP) is 4.54. The molecule has 7 heteroatoms. The number of hydrogen-bond acceptors (Lipinski definition) is 2. The van der Waals surface area contributed by atoms with Crippen LogP contribution < -0.4 is 0 Å². The molecule has 0 rings (SSSR count). The first-order valence-electron chi connectivity index (χ1n) is 3.30. The number of halogens is 4. The standard InChI is InChI=1S/2C4H6IO.2HI.Pt/c2*1-4(5)3-6-2;;;/h2*1H,3H2,2H3;2*1H;/q2*-1;;;+4/p-2. The molecule has 94 valence electrons. The molecule has 0 aromatic heterocycles. The van der Waals surface area contributed by atoms with Gasteiger partial charge in [0, 0.05) is 27.4 Å². The summed E-state index contributed by atoms with van der Waals surface area (Å²) in [5.41, 5.74) is 0. The van der Waals surface area contributed by atoms with E-state index in [9.17, 15) is 0 Å². The van der Waals surface area contributed by atoms with Crippen molar-refractivity contribution >= 4 is 83.9 Å². The minimum absolute atomic E-state index is 0.523. The van der Waals surface area contributed by atoms with E-state index in [1.54, 1.807) is 14.2 Å².